The maximum atomic E-state index is 12.3. The lowest BCUT2D eigenvalue weighted by molar-refractivity contribution is -0.117. The average Bonchev–Trinajstić information content (AvgIpc) is 2.63. The molecule has 0 atom stereocenters. The Hall–Kier alpha value is -2.73. The number of para-hydroxylation sites is 1. The van der Waals surface area contributed by atoms with Crippen molar-refractivity contribution in [2.45, 2.75) is 13.3 Å². The Bertz CT molecular complexity index is 781. The molecule has 0 saturated heterocycles. The molecule has 7 heteroatoms. The molecule has 1 N–H and O–H groups in total. The van der Waals surface area contributed by atoms with Crippen molar-refractivity contribution in [2.24, 2.45) is 0 Å². The van der Waals surface area contributed by atoms with Crippen molar-refractivity contribution in [3.05, 3.63) is 47.5 Å². The SMILES string of the molecule is COc1cc(NC(=O)CCN(C(C)=O)c2ccccc2)c(OC)cc1Cl. The van der Waals surface area contributed by atoms with Crippen LogP contribution in [-0.2, 0) is 9.59 Å². The Morgan fingerprint density at radius 1 is 1.08 bits per heavy atom. The van der Waals surface area contributed by atoms with Crippen LogP contribution in [0, 0.1) is 0 Å². The number of carbonyl (C=O) groups excluding carboxylic acids is 2. The zero-order valence-electron chi connectivity index (χ0n) is 14.9. The van der Waals surface area contributed by atoms with Crippen LogP contribution in [0.3, 0.4) is 0 Å². The van der Waals surface area contributed by atoms with Gasteiger partial charge in [0.15, 0.2) is 0 Å². The van der Waals surface area contributed by atoms with Crippen molar-refractivity contribution in [2.75, 3.05) is 31.0 Å². The largest absolute Gasteiger partial charge is 0.495 e. The van der Waals surface area contributed by atoms with E-state index >= 15 is 0 Å². The number of nitrogens with one attached hydrogen (secondary N) is 1. The Labute approximate surface area is 157 Å². The van der Waals surface area contributed by atoms with Gasteiger partial charge in [-0.25, -0.2) is 0 Å². The second kappa shape index (κ2) is 9.10. The van der Waals surface area contributed by atoms with Crippen LogP contribution < -0.4 is 19.7 Å². The van der Waals surface area contributed by atoms with Gasteiger partial charge in [-0.05, 0) is 12.1 Å². The highest BCUT2D eigenvalue weighted by Gasteiger charge is 2.16. The molecule has 0 radical (unpaired) electrons. The van der Waals surface area contributed by atoms with Crippen LogP contribution >= 0.6 is 11.6 Å². The normalized spacial score (nSPS) is 10.2. The Morgan fingerprint density at radius 3 is 2.31 bits per heavy atom. The molecule has 2 aromatic rings. The second-order valence-corrected chi connectivity index (χ2v) is 5.90. The third-order valence-corrected chi connectivity index (χ3v) is 4.05. The lowest BCUT2D eigenvalue weighted by atomic mass is 10.2. The Balaban J connectivity index is 2.07. The van der Waals surface area contributed by atoms with Crippen LogP contribution in [0.4, 0.5) is 11.4 Å². The summed E-state index contributed by atoms with van der Waals surface area (Å²) in [5.41, 5.74) is 1.20. The summed E-state index contributed by atoms with van der Waals surface area (Å²) in [6.45, 7) is 1.73. The van der Waals surface area contributed by atoms with Crippen LogP contribution in [0.5, 0.6) is 11.5 Å². The summed E-state index contributed by atoms with van der Waals surface area (Å²) in [6.07, 6.45) is 0.128. The second-order valence-electron chi connectivity index (χ2n) is 5.49. The zero-order chi connectivity index (χ0) is 19.1. The van der Waals surface area contributed by atoms with E-state index in [1.165, 1.54) is 21.1 Å². The molecule has 0 saturated carbocycles. The lowest BCUT2D eigenvalue weighted by Crippen LogP contribution is -2.31. The van der Waals surface area contributed by atoms with E-state index in [0.717, 1.165) is 5.69 Å². The molecule has 6 nitrogen and oxygen atoms in total. The number of halogens is 1. The predicted molar refractivity (Wildman–Crippen MR) is 102 cm³/mol. The first-order valence-electron chi connectivity index (χ1n) is 8.00. The molecule has 138 valence electrons. The highest BCUT2D eigenvalue weighted by Crippen LogP contribution is 2.35. The van der Waals surface area contributed by atoms with Crippen molar-refractivity contribution >= 4 is 34.8 Å². The van der Waals surface area contributed by atoms with Crippen LogP contribution in [-0.4, -0.2) is 32.6 Å². The molecule has 2 amide bonds. The van der Waals surface area contributed by atoms with Crippen LogP contribution in [0.25, 0.3) is 0 Å². The number of carbonyl (C=O) groups is 2. The standard InChI is InChI=1S/C19H21ClN2O4/c1-13(23)22(14-7-5-4-6-8-14)10-9-19(24)21-16-12-17(25-2)15(20)11-18(16)26-3/h4-8,11-12H,9-10H2,1-3H3,(H,21,24). The summed E-state index contributed by atoms with van der Waals surface area (Å²) in [4.78, 5) is 25.8. The van der Waals surface area contributed by atoms with Crippen molar-refractivity contribution < 1.29 is 19.1 Å². The average molecular weight is 377 g/mol. The van der Waals surface area contributed by atoms with E-state index in [4.69, 9.17) is 21.1 Å². The number of hydrogen-bond acceptors (Lipinski definition) is 4. The monoisotopic (exact) mass is 376 g/mol. The topological polar surface area (TPSA) is 67.9 Å². The van der Waals surface area contributed by atoms with E-state index in [9.17, 15) is 9.59 Å². The molecule has 0 aliphatic rings. The van der Waals surface area contributed by atoms with Gasteiger partial charge in [-0.3, -0.25) is 9.59 Å². The van der Waals surface area contributed by atoms with Crippen LogP contribution in [0.15, 0.2) is 42.5 Å². The van der Waals surface area contributed by atoms with Crippen LogP contribution in [0.1, 0.15) is 13.3 Å². The molecule has 0 spiro atoms. The van der Waals surface area contributed by atoms with Gasteiger partial charge in [0.05, 0.1) is 24.9 Å². The molecular formula is C19H21ClN2O4. The molecule has 26 heavy (non-hydrogen) atoms. The highest BCUT2D eigenvalue weighted by atomic mass is 35.5. The summed E-state index contributed by atoms with van der Waals surface area (Å²) < 4.78 is 10.4. The molecule has 0 bridgehead atoms. The molecular weight excluding hydrogens is 356 g/mol. The molecule has 2 rings (SSSR count). The molecule has 0 unspecified atom stereocenters. The van der Waals surface area contributed by atoms with Crippen LogP contribution in [0.2, 0.25) is 5.02 Å². The zero-order valence-corrected chi connectivity index (χ0v) is 15.7. The van der Waals surface area contributed by atoms with Gasteiger partial charge in [0.2, 0.25) is 11.8 Å². The van der Waals surface area contributed by atoms with E-state index in [-0.39, 0.29) is 24.8 Å². The number of benzene rings is 2. The highest BCUT2D eigenvalue weighted by molar-refractivity contribution is 6.32. The summed E-state index contributed by atoms with van der Waals surface area (Å²) in [5.74, 6) is 0.470. The summed E-state index contributed by atoms with van der Waals surface area (Å²) in [6, 6.07) is 12.4. The maximum Gasteiger partial charge on any atom is 0.226 e. The van der Waals surface area contributed by atoms with Gasteiger partial charge < -0.3 is 19.7 Å². The third kappa shape index (κ3) is 4.89. The first kappa shape index (κ1) is 19.6. The van der Waals surface area contributed by atoms with Gasteiger partial charge in [0.1, 0.15) is 11.5 Å². The summed E-state index contributed by atoms with van der Waals surface area (Å²) in [5, 5.41) is 3.15. The maximum absolute atomic E-state index is 12.3. The number of hydrogen-bond donors (Lipinski definition) is 1. The number of amides is 2. The number of rotatable bonds is 7. The van der Waals surface area contributed by atoms with Crippen molar-refractivity contribution in [3.8, 4) is 11.5 Å². The van der Waals surface area contributed by atoms with E-state index in [1.54, 1.807) is 17.0 Å². The third-order valence-electron chi connectivity index (χ3n) is 3.76. The predicted octanol–water partition coefficient (Wildman–Crippen LogP) is 3.74. The molecule has 0 heterocycles. The van der Waals surface area contributed by atoms with Gasteiger partial charge in [-0.15, -0.1) is 0 Å². The molecule has 0 aliphatic heterocycles. The fourth-order valence-electron chi connectivity index (χ4n) is 2.46. The van der Waals surface area contributed by atoms with Gasteiger partial charge in [-0.2, -0.15) is 0 Å². The quantitative estimate of drug-likeness (QED) is 0.799. The number of anilines is 2. The van der Waals surface area contributed by atoms with Gasteiger partial charge in [0.25, 0.3) is 0 Å². The van der Waals surface area contributed by atoms with Crippen molar-refractivity contribution in [1.82, 2.24) is 0 Å². The van der Waals surface area contributed by atoms with E-state index in [1.807, 2.05) is 30.3 Å². The molecule has 0 aliphatic carbocycles. The minimum Gasteiger partial charge on any atom is -0.495 e. The minimum atomic E-state index is -0.255. The van der Waals surface area contributed by atoms with E-state index < -0.39 is 0 Å². The fourth-order valence-corrected chi connectivity index (χ4v) is 2.69. The first-order valence-corrected chi connectivity index (χ1v) is 8.38. The number of ether oxygens (including phenoxy) is 2. The number of nitrogens with zero attached hydrogens (tertiary/aromatic N) is 1. The van der Waals surface area contributed by atoms with Gasteiger partial charge in [0, 0.05) is 37.7 Å². The van der Waals surface area contributed by atoms with Crippen molar-refractivity contribution in [3.63, 3.8) is 0 Å². The summed E-state index contributed by atoms with van der Waals surface area (Å²) >= 11 is 6.06. The van der Waals surface area contributed by atoms with Gasteiger partial charge >= 0.3 is 0 Å². The van der Waals surface area contributed by atoms with E-state index in [2.05, 4.69) is 5.32 Å². The van der Waals surface area contributed by atoms with Crippen molar-refractivity contribution in [1.29, 1.82) is 0 Å². The molecule has 0 aromatic heterocycles. The summed E-state index contributed by atoms with van der Waals surface area (Å²) in [7, 11) is 2.98. The van der Waals surface area contributed by atoms with E-state index in [0.29, 0.717) is 22.2 Å². The Morgan fingerprint density at radius 2 is 1.73 bits per heavy atom. The molecule has 0 fully saturated rings. The molecule has 2 aromatic carbocycles. The first-order chi connectivity index (χ1) is 12.5. The smallest absolute Gasteiger partial charge is 0.226 e. The Kier molecular flexibility index (Phi) is 6.86. The lowest BCUT2D eigenvalue weighted by Gasteiger charge is -2.21. The fraction of sp³-hybridized carbons (Fsp3) is 0.263. The minimum absolute atomic E-state index is 0.128. The van der Waals surface area contributed by atoms with Gasteiger partial charge in [-0.1, -0.05) is 29.8 Å². The number of methoxy groups -OCH3 is 2.